The second-order valence-corrected chi connectivity index (χ2v) is 6.54. The Morgan fingerprint density at radius 2 is 1.68 bits per heavy atom. The van der Waals surface area contributed by atoms with E-state index in [9.17, 15) is 4.79 Å². The summed E-state index contributed by atoms with van der Waals surface area (Å²) < 4.78 is 0. The zero-order chi connectivity index (χ0) is 16.4. The number of hydrogen-bond acceptors (Lipinski definition) is 2. The van der Waals surface area contributed by atoms with Gasteiger partial charge < -0.3 is 5.32 Å². The number of Topliss-reactive ketones (excluding diaryl/α,β-unsaturated/α-hetero) is 1. The Morgan fingerprint density at radius 1 is 1.05 bits per heavy atom. The van der Waals surface area contributed by atoms with Crippen molar-refractivity contribution in [1.29, 1.82) is 0 Å². The molecule has 0 fully saturated rings. The lowest BCUT2D eigenvalue weighted by Gasteiger charge is -2.36. The van der Waals surface area contributed by atoms with E-state index in [4.69, 9.17) is 0 Å². The van der Waals surface area contributed by atoms with E-state index in [0.717, 1.165) is 31.4 Å². The molecule has 0 radical (unpaired) electrons. The second kappa shape index (κ2) is 9.78. The lowest BCUT2D eigenvalue weighted by molar-refractivity contribution is 0.0817. The summed E-state index contributed by atoms with van der Waals surface area (Å²) in [5.41, 5.74) is 0.833. The van der Waals surface area contributed by atoms with Gasteiger partial charge in [-0.15, -0.1) is 0 Å². The molecule has 0 aliphatic heterocycles. The largest absolute Gasteiger partial charge is 0.307 e. The normalized spacial score (nSPS) is 13.1. The fourth-order valence-corrected chi connectivity index (χ4v) is 2.88. The fraction of sp³-hybridized carbons (Fsp3) is 0.650. The molecule has 0 bridgehead atoms. The van der Waals surface area contributed by atoms with Gasteiger partial charge >= 0.3 is 0 Å². The van der Waals surface area contributed by atoms with Gasteiger partial charge in [-0.05, 0) is 31.2 Å². The molecule has 0 saturated carbocycles. The van der Waals surface area contributed by atoms with Crippen LogP contribution in [0.25, 0.3) is 0 Å². The quantitative estimate of drug-likeness (QED) is 0.448. The first-order valence-electron chi connectivity index (χ1n) is 8.91. The molecule has 2 nitrogen and oxygen atoms in total. The van der Waals surface area contributed by atoms with Crippen molar-refractivity contribution in [1.82, 2.24) is 5.32 Å². The van der Waals surface area contributed by atoms with Gasteiger partial charge in [0.15, 0.2) is 5.78 Å². The summed E-state index contributed by atoms with van der Waals surface area (Å²) in [6, 6.07) is 9.62. The maximum atomic E-state index is 13.0. The van der Waals surface area contributed by atoms with Gasteiger partial charge in [0.2, 0.25) is 0 Å². The number of nitrogens with one attached hydrogen (secondary N) is 1. The molecule has 1 rings (SSSR count). The van der Waals surface area contributed by atoms with Crippen LogP contribution in [0.3, 0.4) is 0 Å². The molecule has 0 aliphatic rings. The summed E-state index contributed by atoms with van der Waals surface area (Å²) in [4.78, 5) is 13.0. The monoisotopic (exact) mass is 303 g/mol. The number of rotatable bonds is 11. The van der Waals surface area contributed by atoms with Crippen molar-refractivity contribution in [3.05, 3.63) is 35.9 Å². The molecule has 0 amide bonds. The molecule has 1 unspecified atom stereocenters. The predicted molar refractivity (Wildman–Crippen MR) is 95.4 cm³/mol. The molecule has 0 spiro atoms. The summed E-state index contributed by atoms with van der Waals surface area (Å²) in [6.45, 7) is 9.76. The van der Waals surface area contributed by atoms with E-state index in [0.29, 0.717) is 0 Å². The van der Waals surface area contributed by atoms with Gasteiger partial charge in [0.05, 0.1) is 6.04 Å². The molecule has 2 heteroatoms. The molecule has 0 aliphatic carbocycles. The number of ketones is 1. The fourth-order valence-electron chi connectivity index (χ4n) is 2.88. The smallest absolute Gasteiger partial charge is 0.180 e. The van der Waals surface area contributed by atoms with E-state index in [2.05, 4.69) is 33.0 Å². The van der Waals surface area contributed by atoms with Crippen molar-refractivity contribution in [2.75, 3.05) is 6.54 Å². The van der Waals surface area contributed by atoms with Gasteiger partial charge in [-0.25, -0.2) is 0 Å². The second-order valence-electron chi connectivity index (χ2n) is 6.54. The van der Waals surface area contributed by atoms with Crippen molar-refractivity contribution in [2.24, 2.45) is 5.41 Å². The molecule has 0 heterocycles. The Labute approximate surface area is 136 Å². The average molecular weight is 303 g/mol. The van der Waals surface area contributed by atoms with Gasteiger partial charge in [0.1, 0.15) is 0 Å². The third-order valence-corrected chi connectivity index (χ3v) is 5.01. The highest BCUT2D eigenvalue weighted by molar-refractivity contribution is 6.00. The number of unbranched alkanes of at least 4 members (excludes halogenated alkanes) is 3. The number of benzene rings is 1. The zero-order valence-electron chi connectivity index (χ0n) is 14.8. The van der Waals surface area contributed by atoms with Crippen LogP contribution < -0.4 is 5.32 Å². The van der Waals surface area contributed by atoms with Crippen LogP contribution in [-0.4, -0.2) is 18.4 Å². The minimum atomic E-state index is -0.0912. The standard InChI is InChI=1S/C20H33NO/c1-5-8-9-13-16-21-19(20(4,6-2)7-3)18(22)17-14-11-10-12-15-17/h10-12,14-15,19,21H,5-9,13,16H2,1-4H3. The lowest BCUT2D eigenvalue weighted by Crippen LogP contribution is -2.49. The number of carbonyl (C=O) groups is 1. The number of carbonyl (C=O) groups excluding carboxylic acids is 1. The van der Waals surface area contributed by atoms with Crippen LogP contribution in [0.2, 0.25) is 0 Å². The van der Waals surface area contributed by atoms with Crippen LogP contribution in [0.1, 0.15) is 76.6 Å². The van der Waals surface area contributed by atoms with Gasteiger partial charge in [0.25, 0.3) is 0 Å². The van der Waals surface area contributed by atoms with Crippen LogP contribution in [0.4, 0.5) is 0 Å². The van der Waals surface area contributed by atoms with Crippen molar-refractivity contribution >= 4 is 5.78 Å². The highest BCUT2D eigenvalue weighted by atomic mass is 16.1. The van der Waals surface area contributed by atoms with Gasteiger partial charge in [-0.2, -0.15) is 0 Å². The minimum Gasteiger partial charge on any atom is -0.307 e. The SMILES string of the molecule is CCCCCCNC(C(=O)c1ccccc1)C(C)(CC)CC. The summed E-state index contributed by atoms with van der Waals surface area (Å²) in [5, 5.41) is 3.57. The highest BCUT2D eigenvalue weighted by Gasteiger charge is 2.36. The van der Waals surface area contributed by atoms with Crippen LogP contribution in [0.5, 0.6) is 0 Å². The molecule has 22 heavy (non-hydrogen) atoms. The average Bonchev–Trinajstić information content (AvgIpc) is 2.57. The summed E-state index contributed by atoms with van der Waals surface area (Å²) in [6.07, 6.45) is 6.93. The Bertz CT molecular complexity index is 423. The van der Waals surface area contributed by atoms with E-state index in [-0.39, 0.29) is 17.2 Å². The van der Waals surface area contributed by atoms with E-state index >= 15 is 0 Å². The Kier molecular flexibility index (Phi) is 8.40. The van der Waals surface area contributed by atoms with E-state index in [1.807, 2.05) is 30.3 Å². The number of hydrogen-bond donors (Lipinski definition) is 1. The Morgan fingerprint density at radius 3 is 2.23 bits per heavy atom. The molecule has 124 valence electrons. The maximum absolute atomic E-state index is 13.0. The molecule has 0 aromatic heterocycles. The predicted octanol–water partition coefficient (Wildman–Crippen LogP) is 5.23. The maximum Gasteiger partial charge on any atom is 0.180 e. The van der Waals surface area contributed by atoms with Crippen LogP contribution in [0, 0.1) is 5.41 Å². The van der Waals surface area contributed by atoms with Gasteiger partial charge in [-0.3, -0.25) is 4.79 Å². The molecule has 0 saturated heterocycles. The minimum absolute atomic E-state index is 0.0116. The first kappa shape index (κ1) is 18.9. The van der Waals surface area contributed by atoms with Gasteiger partial charge in [-0.1, -0.05) is 77.3 Å². The summed E-state index contributed by atoms with van der Waals surface area (Å²) >= 11 is 0. The van der Waals surface area contributed by atoms with Crippen LogP contribution in [-0.2, 0) is 0 Å². The van der Waals surface area contributed by atoms with Crippen molar-refractivity contribution in [2.45, 2.75) is 72.3 Å². The van der Waals surface area contributed by atoms with Crippen LogP contribution in [0.15, 0.2) is 30.3 Å². The highest BCUT2D eigenvalue weighted by Crippen LogP contribution is 2.32. The van der Waals surface area contributed by atoms with Crippen LogP contribution >= 0.6 is 0 Å². The molecular formula is C20H33NO. The third-order valence-electron chi connectivity index (χ3n) is 5.01. The third kappa shape index (κ3) is 5.24. The topological polar surface area (TPSA) is 29.1 Å². The van der Waals surface area contributed by atoms with E-state index in [1.165, 1.54) is 19.3 Å². The van der Waals surface area contributed by atoms with E-state index < -0.39 is 0 Å². The molecule has 1 atom stereocenters. The summed E-state index contributed by atoms with van der Waals surface area (Å²) in [7, 11) is 0. The molecular weight excluding hydrogens is 270 g/mol. The summed E-state index contributed by atoms with van der Waals surface area (Å²) in [5.74, 6) is 0.238. The lowest BCUT2D eigenvalue weighted by atomic mass is 9.74. The first-order chi connectivity index (χ1) is 10.6. The zero-order valence-corrected chi connectivity index (χ0v) is 14.8. The van der Waals surface area contributed by atoms with Crippen molar-refractivity contribution in [3.8, 4) is 0 Å². The molecule has 1 aromatic rings. The van der Waals surface area contributed by atoms with Crippen molar-refractivity contribution < 1.29 is 4.79 Å². The molecule has 1 N–H and O–H groups in total. The van der Waals surface area contributed by atoms with Crippen molar-refractivity contribution in [3.63, 3.8) is 0 Å². The Hall–Kier alpha value is -1.15. The first-order valence-corrected chi connectivity index (χ1v) is 8.91. The van der Waals surface area contributed by atoms with E-state index in [1.54, 1.807) is 0 Å². The Balaban J connectivity index is 2.80. The molecule has 1 aromatic carbocycles. The van der Waals surface area contributed by atoms with Gasteiger partial charge in [0, 0.05) is 5.56 Å².